The van der Waals surface area contributed by atoms with Gasteiger partial charge in [0.15, 0.2) is 9.84 Å². The fourth-order valence-electron chi connectivity index (χ4n) is 3.15. The molecular weight excluding hydrogens is 281 g/mol. The van der Waals surface area contributed by atoms with Crippen molar-refractivity contribution in [3.05, 3.63) is 35.6 Å². The Morgan fingerprint density at radius 3 is 2.65 bits per heavy atom. The summed E-state index contributed by atoms with van der Waals surface area (Å²) in [5, 5.41) is -0.591. The van der Waals surface area contributed by atoms with Gasteiger partial charge in [-0.2, -0.15) is 0 Å². The Morgan fingerprint density at radius 1 is 1.45 bits per heavy atom. The maximum Gasteiger partial charge on any atom is 0.154 e. The minimum Gasteiger partial charge on any atom is -0.384 e. The smallest absolute Gasteiger partial charge is 0.154 e. The summed E-state index contributed by atoms with van der Waals surface area (Å²) in [7, 11) is -1.74. The summed E-state index contributed by atoms with van der Waals surface area (Å²) in [5.41, 5.74) is 5.86. The summed E-state index contributed by atoms with van der Waals surface area (Å²) in [4.78, 5) is 0. The van der Waals surface area contributed by atoms with E-state index in [0.717, 1.165) is 0 Å². The minimum atomic E-state index is -3.26. The third-order valence-corrected chi connectivity index (χ3v) is 6.49. The molecule has 0 radical (unpaired) electrons. The van der Waals surface area contributed by atoms with Gasteiger partial charge >= 0.3 is 0 Å². The van der Waals surface area contributed by atoms with Crippen molar-refractivity contribution in [3.63, 3.8) is 0 Å². The lowest BCUT2D eigenvalue weighted by Crippen LogP contribution is -2.28. The molecule has 3 atom stereocenters. The molecule has 0 heterocycles. The van der Waals surface area contributed by atoms with Crippen LogP contribution in [0, 0.1) is 11.2 Å². The standard InChI is InChI=1S/C14H20FNO3S/c1-3-20(17,18)13-12(14(13,8-16)9-19-2)10-5-4-6-11(15)7-10/h4-7,12-13H,3,8-9,16H2,1-2H3/t12-,13+,14-/m1/s1. The van der Waals surface area contributed by atoms with Crippen LogP contribution in [0.2, 0.25) is 0 Å². The Hall–Kier alpha value is -0.980. The predicted molar refractivity (Wildman–Crippen MR) is 75.8 cm³/mol. The zero-order chi connectivity index (χ0) is 15.0. The summed E-state index contributed by atoms with van der Waals surface area (Å²) in [5.74, 6) is -0.618. The summed E-state index contributed by atoms with van der Waals surface area (Å²) in [6, 6.07) is 6.07. The molecule has 1 fully saturated rings. The molecule has 6 heteroatoms. The molecule has 1 saturated carbocycles. The molecule has 0 aromatic heterocycles. The number of ether oxygens (including phenoxy) is 1. The van der Waals surface area contributed by atoms with Crippen molar-refractivity contribution < 1.29 is 17.5 Å². The number of hydrogen-bond donors (Lipinski definition) is 1. The Bertz CT molecular complexity index is 590. The molecule has 112 valence electrons. The van der Waals surface area contributed by atoms with Gasteiger partial charge in [-0.15, -0.1) is 0 Å². The van der Waals surface area contributed by atoms with E-state index in [9.17, 15) is 12.8 Å². The lowest BCUT2D eigenvalue weighted by Gasteiger charge is -2.14. The van der Waals surface area contributed by atoms with E-state index < -0.39 is 20.5 Å². The first kappa shape index (κ1) is 15.4. The number of halogens is 1. The average Bonchev–Trinajstić information content (AvgIpc) is 3.09. The van der Waals surface area contributed by atoms with E-state index in [1.807, 2.05) is 0 Å². The maximum atomic E-state index is 13.4. The number of hydrogen-bond acceptors (Lipinski definition) is 4. The van der Waals surface area contributed by atoms with Gasteiger partial charge in [0.2, 0.25) is 0 Å². The highest BCUT2D eigenvalue weighted by Gasteiger charge is 2.69. The van der Waals surface area contributed by atoms with Gasteiger partial charge in [-0.05, 0) is 17.7 Å². The van der Waals surface area contributed by atoms with Crippen LogP contribution in [-0.2, 0) is 14.6 Å². The lowest BCUT2D eigenvalue weighted by atomic mass is 10.00. The van der Waals surface area contributed by atoms with Gasteiger partial charge in [0.25, 0.3) is 0 Å². The van der Waals surface area contributed by atoms with Crippen molar-refractivity contribution in [3.8, 4) is 0 Å². The second-order valence-electron chi connectivity index (χ2n) is 5.28. The van der Waals surface area contributed by atoms with Gasteiger partial charge in [-0.25, -0.2) is 12.8 Å². The van der Waals surface area contributed by atoms with Crippen molar-refractivity contribution in [2.24, 2.45) is 11.1 Å². The van der Waals surface area contributed by atoms with Crippen molar-refractivity contribution in [2.75, 3.05) is 26.0 Å². The van der Waals surface area contributed by atoms with Gasteiger partial charge in [-0.1, -0.05) is 19.1 Å². The molecule has 1 aliphatic rings. The summed E-state index contributed by atoms with van der Waals surface area (Å²) < 4.78 is 43.1. The number of rotatable bonds is 6. The molecule has 2 rings (SSSR count). The molecule has 0 unspecified atom stereocenters. The van der Waals surface area contributed by atoms with E-state index in [-0.39, 0.29) is 30.6 Å². The summed E-state index contributed by atoms with van der Waals surface area (Å²) in [6.07, 6.45) is 0. The quantitative estimate of drug-likeness (QED) is 0.860. The second kappa shape index (κ2) is 5.42. The van der Waals surface area contributed by atoms with E-state index in [2.05, 4.69) is 0 Å². The lowest BCUT2D eigenvalue weighted by molar-refractivity contribution is 0.142. The fraction of sp³-hybridized carbons (Fsp3) is 0.571. The second-order valence-corrected chi connectivity index (χ2v) is 7.69. The molecule has 0 saturated heterocycles. The molecule has 0 bridgehead atoms. The van der Waals surface area contributed by atoms with Gasteiger partial charge in [0.1, 0.15) is 5.82 Å². The highest BCUT2D eigenvalue weighted by molar-refractivity contribution is 7.92. The van der Waals surface area contributed by atoms with Crippen LogP contribution in [-0.4, -0.2) is 39.7 Å². The van der Waals surface area contributed by atoms with Gasteiger partial charge in [0, 0.05) is 30.7 Å². The first-order valence-electron chi connectivity index (χ1n) is 6.59. The number of benzene rings is 1. The molecule has 0 amide bonds. The van der Waals surface area contributed by atoms with Crippen LogP contribution >= 0.6 is 0 Å². The van der Waals surface area contributed by atoms with Crippen molar-refractivity contribution >= 4 is 9.84 Å². The fourth-order valence-corrected chi connectivity index (χ4v) is 5.30. The molecule has 0 spiro atoms. The number of sulfone groups is 1. The Labute approximate surface area is 119 Å². The Morgan fingerprint density at radius 2 is 2.15 bits per heavy atom. The maximum absolute atomic E-state index is 13.4. The van der Waals surface area contributed by atoms with Crippen LogP contribution in [0.3, 0.4) is 0 Å². The van der Waals surface area contributed by atoms with Crippen LogP contribution in [0.15, 0.2) is 24.3 Å². The van der Waals surface area contributed by atoms with Crippen LogP contribution in [0.25, 0.3) is 0 Å². The Kier molecular flexibility index (Phi) is 4.18. The third-order valence-electron chi connectivity index (χ3n) is 4.17. The number of methoxy groups -OCH3 is 1. The monoisotopic (exact) mass is 301 g/mol. The zero-order valence-electron chi connectivity index (χ0n) is 11.7. The van der Waals surface area contributed by atoms with Crippen LogP contribution in [0.4, 0.5) is 4.39 Å². The van der Waals surface area contributed by atoms with E-state index in [1.54, 1.807) is 19.1 Å². The van der Waals surface area contributed by atoms with Crippen LogP contribution in [0.5, 0.6) is 0 Å². The van der Waals surface area contributed by atoms with Gasteiger partial charge < -0.3 is 10.5 Å². The first-order chi connectivity index (χ1) is 9.43. The highest BCUT2D eigenvalue weighted by atomic mass is 32.2. The Balaban J connectivity index is 2.45. The highest BCUT2D eigenvalue weighted by Crippen LogP contribution is 2.62. The average molecular weight is 301 g/mol. The summed E-state index contributed by atoms with van der Waals surface area (Å²) >= 11 is 0. The van der Waals surface area contributed by atoms with E-state index in [0.29, 0.717) is 5.56 Å². The van der Waals surface area contributed by atoms with Crippen molar-refractivity contribution in [2.45, 2.75) is 18.1 Å². The summed E-state index contributed by atoms with van der Waals surface area (Å²) in [6.45, 7) is 2.07. The van der Waals surface area contributed by atoms with E-state index in [1.165, 1.54) is 19.2 Å². The predicted octanol–water partition coefficient (Wildman–Crippen LogP) is 1.32. The zero-order valence-corrected chi connectivity index (χ0v) is 12.5. The van der Waals surface area contributed by atoms with Crippen LogP contribution < -0.4 is 5.73 Å². The third kappa shape index (κ3) is 2.36. The van der Waals surface area contributed by atoms with Gasteiger partial charge in [0.05, 0.1) is 11.9 Å². The normalized spacial score (nSPS) is 29.4. The first-order valence-corrected chi connectivity index (χ1v) is 8.30. The molecule has 4 nitrogen and oxygen atoms in total. The topological polar surface area (TPSA) is 69.4 Å². The minimum absolute atomic E-state index is 0.0505. The SMILES string of the molecule is CCS(=O)(=O)[C@H]1[C@@H](c2cccc(F)c2)[C@@]1(CN)COC. The molecule has 0 aliphatic heterocycles. The van der Waals surface area contributed by atoms with Crippen molar-refractivity contribution in [1.82, 2.24) is 0 Å². The molecule has 2 N–H and O–H groups in total. The molecular formula is C14H20FNO3S. The van der Waals surface area contributed by atoms with Crippen molar-refractivity contribution in [1.29, 1.82) is 0 Å². The van der Waals surface area contributed by atoms with Gasteiger partial charge in [-0.3, -0.25) is 0 Å². The van der Waals surface area contributed by atoms with Crippen LogP contribution in [0.1, 0.15) is 18.4 Å². The van der Waals surface area contributed by atoms with E-state index in [4.69, 9.17) is 10.5 Å². The molecule has 1 aromatic rings. The molecule has 20 heavy (non-hydrogen) atoms. The molecule has 1 aliphatic carbocycles. The molecule has 1 aromatic carbocycles. The largest absolute Gasteiger partial charge is 0.384 e. The van der Waals surface area contributed by atoms with E-state index >= 15 is 0 Å². The number of nitrogens with two attached hydrogens (primary N) is 1.